The molecule has 6 nitrogen and oxygen atoms in total. The summed E-state index contributed by atoms with van der Waals surface area (Å²) in [7, 11) is 0. The van der Waals surface area contributed by atoms with E-state index in [9.17, 15) is 9.90 Å². The van der Waals surface area contributed by atoms with Gasteiger partial charge < -0.3 is 25.2 Å². The van der Waals surface area contributed by atoms with Gasteiger partial charge in [-0.05, 0) is 49.1 Å². The predicted octanol–water partition coefficient (Wildman–Crippen LogP) is 2.98. The lowest BCUT2D eigenvalue weighted by Crippen LogP contribution is -2.41. The standard InChI is InChI=1S/C22H28N2O4/c1-3-27-19-10-9-15(13-20(19)28-4-2)11-12-23-22(26)24-21-17-8-6-5-7-16(17)14-18(21)25/h5-10,13,18,21,25H,3-4,11-12,14H2,1-2H3,(H2,23,24,26). The van der Waals surface area contributed by atoms with Gasteiger partial charge in [0.25, 0.3) is 0 Å². The summed E-state index contributed by atoms with van der Waals surface area (Å²) < 4.78 is 11.2. The zero-order valence-electron chi connectivity index (χ0n) is 16.4. The molecule has 2 unspecified atom stereocenters. The summed E-state index contributed by atoms with van der Waals surface area (Å²) in [5.41, 5.74) is 3.12. The van der Waals surface area contributed by atoms with Crippen LogP contribution in [0.1, 0.15) is 36.6 Å². The summed E-state index contributed by atoms with van der Waals surface area (Å²) in [6.45, 7) is 5.50. The van der Waals surface area contributed by atoms with Crippen LogP contribution < -0.4 is 20.1 Å². The molecule has 0 spiro atoms. The maximum Gasteiger partial charge on any atom is 0.315 e. The van der Waals surface area contributed by atoms with Crippen molar-refractivity contribution < 1.29 is 19.4 Å². The Balaban J connectivity index is 1.52. The monoisotopic (exact) mass is 384 g/mol. The number of urea groups is 1. The van der Waals surface area contributed by atoms with Crippen LogP contribution in [0.3, 0.4) is 0 Å². The molecule has 6 heteroatoms. The number of benzene rings is 2. The molecule has 0 saturated carbocycles. The van der Waals surface area contributed by atoms with E-state index in [2.05, 4.69) is 10.6 Å². The van der Waals surface area contributed by atoms with E-state index in [-0.39, 0.29) is 12.1 Å². The number of ether oxygens (including phenoxy) is 2. The second-order valence-electron chi connectivity index (χ2n) is 6.75. The van der Waals surface area contributed by atoms with Gasteiger partial charge in [-0.25, -0.2) is 4.79 Å². The number of amides is 2. The van der Waals surface area contributed by atoms with Crippen LogP contribution in [0.5, 0.6) is 11.5 Å². The van der Waals surface area contributed by atoms with Crippen molar-refractivity contribution in [3.8, 4) is 11.5 Å². The fraction of sp³-hybridized carbons (Fsp3) is 0.409. The van der Waals surface area contributed by atoms with E-state index in [1.54, 1.807) is 0 Å². The Morgan fingerprint density at radius 2 is 1.86 bits per heavy atom. The highest BCUT2D eigenvalue weighted by molar-refractivity contribution is 5.74. The van der Waals surface area contributed by atoms with Crippen molar-refractivity contribution in [3.63, 3.8) is 0 Å². The second kappa shape index (κ2) is 9.46. The van der Waals surface area contributed by atoms with Gasteiger partial charge in [0.15, 0.2) is 11.5 Å². The molecular weight excluding hydrogens is 356 g/mol. The van der Waals surface area contributed by atoms with Gasteiger partial charge in [-0.15, -0.1) is 0 Å². The quantitative estimate of drug-likeness (QED) is 0.654. The number of carbonyl (C=O) groups excluding carboxylic acids is 1. The van der Waals surface area contributed by atoms with E-state index in [0.717, 1.165) is 28.2 Å². The van der Waals surface area contributed by atoms with Crippen LogP contribution in [0, 0.1) is 0 Å². The molecule has 0 heterocycles. The van der Waals surface area contributed by atoms with Gasteiger partial charge in [0.1, 0.15) is 0 Å². The first-order valence-corrected chi connectivity index (χ1v) is 9.81. The molecule has 1 aliphatic carbocycles. The predicted molar refractivity (Wildman–Crippen MR) is 108 cm³/mol. The largest absolute Gasteiger partial charge is 0.490 e. The summed E-state index contributed by atoms with van der Waals surface area (Å²) in [4.78, 5) is 12.3. The van der Waals surface area contributed by atoms with E-state index in [4.69, 9.17) is 9.47 Å². The van der Waals surface area contributed by atoms with Crippen LogP contribution in [0.2, 0.25) is 0 Å². The van der Waals surface area contributed by atoms with Crippen LogP contribution in [0.15, 0.2) is 42.5 Å². The summed E-state index contributed by atoms with van der Waals surface area (Å²) in [6.07, 6.45) is 0.639. The number of hydrogen-bond donors (Lipinski definition) is 3. The lowest BCUT2D eigenvalue weighted by atomic mass is 10.1. The Labute approximate surface area is 165 Å². The van der Waals surface area contributed by atoms with Crippen molar-refractivity contribution >= 4 is 6.03 Å². The molecule has 0 fully saturated rings. The lowest BCUT2D eigenvalue weighted by Gasteiger charge is -2.18. The van der Waals surface area contributed by atoms with Gasteiger partial charge in [-0.2, -0.15) is 0 Å². The lowest BCUT2D eigenvalue weighted by molar-refractivity contribution is 0.142. The molecule has 2 aromatic carbocycles. The molecule has 0 saturated heterocycles. The molecule has 0 radical (unpaired) electrons. The first kappa shape index (κ1) is 20.0. The number of hydrogen-bond acceptors (Lipinski definition) is 4. The Morgan fingerprint density at radius 3 is 2.64 bits per heavy atom. The van der Waals surface area contributed by atoms with Crippen LogP contribution >= 0.6 is 0 Å². The van der Waals surface area contributed by atoms with E-state index < -0.39 is 6.10 Å². The number of rotatable bonds is 8. The summed E-state index contributed by atoms with van der Waals surface area (Å²) >= 11 is 0. The fourth-order valence-electron chi connectivity index (χ4n) is 3.51. The Morgan fingerprint density at radius 1 is 1.11 bits per heavy atom. The highest BCUT2D eigenvalue weighted by Gasteiger charge is 2.31. The number of aliphatic hydroxyl groups excluding tert-OH is 1. The van der Waals surface area contributed by atoms with Crippen molar-refractivity contribution in [1.82, 2.24) is 10.6 Å². The molecule has 28 heavy (non-hydrogen) atoms. The second-order valence-corrected chi connectivity index (χ2v) is 6.75. The van der Waals surface area contributed by atoms with Gasteiger partial charge in [0, 0.05) is 13.0 Å². The maximum atomic E-state index is 12.3. The number of aliphatic hydroxyl groups is 1. The highest BCUT2D eigenvalue weighted by Crippen LogP contribution is 2.31. The van der Waals surface area contributed by atoms with Crippen LogP contribution in [0.4, 0.5) is 4.79 Å². The molecule has 2 amide bonds. The van der Waals surface area contributed by atoms with E-state index >= 15 is 0 Å². The molecule has 1 aliphatic rings. The molecule has 150 valence electrons. The summed E-state index contributed by atoms with van der Waals surface area (Å²) in [6, 6.07) is 13.0. The first-order valence-electron chi connectivity index (χ1n) is 9.81. The third-order valence-electron chi connectivity index (χ3n) is 4.80. The van der Waals surface area contributed by atoms with Crippen LogP contribution in [-0.4, -0.2) is 37.0 Å². The van der Waals surface area contributed by atoms with E-state index in [0.29, 0.717) is 32.6 Å². The number of nitrogens with one attached hydrogen (secondary N) is 2. The topological polar surface area (TPSA) is 79.8 Å². The smallest absolute Gasteiger partial charge is 0.315 e. The molecule has 0 aliphatic heterocycles. The third kappa shape index (κ3) is 4.75. The van der Waals surface area contributed by atoms with Crippen molar-refractivity contribution in [2.45, 2.75) is 38.8 Å². The first-order chi connectivity index (χ1) is 13.6. The maximum absolute atomic E-state index is 12.3. The molecule has 3 rings (SSSR count). The third-order valence-corrected chi connectivity index (χ3v) is 4.80. The zero-order valence-corrected chi connectivity index (χ0v) is 16.4. The van der Waals surface area contributed by atoms with Crippen molar-refractivity contribution in [2.75, 3.05) is 19.8 Å². The minimum absolute atomic E-state index is 0.281. The average Bonchev–Trinajstić information content (AvgIpc) is 2.99. The minimum atomic E-state index is -0.594. The van der Waals surface area contributed by atoms with Crippen molar-refractivity contribution in [1.29, 1.82) is 0 Å². The van der Waals surface area contributed by atoms with Crippen molar-refractivity contribution in [2.24, 2.45) is 0 Å². The molecular formula is C22H28N2O4. The Kier molecular flexibility index (Phi) is 6.76. The van der Waals surface area contributed by atoms with Gasteiger partial charge in [-0.1, -0.05) is 30.3 Å². The van der Waals surface area contributed by atoms with Crippen LogP contribution in [-0.2, 0) is 12.8 Å². The molecule has 2 atom stereocenters. The van der Waals surface area contributed by atoms with Crippen LogP contribution in [0.25, 0.3) is 0 Å². The average molecular weight is 384 g/mol. The van der Waals surface area contributed by atoms with Gasteiger partial charge in [-0.3, -0.25) is 0 Å². The molecule has 3 N–H and O–H groups in total. The number of fused-ring (bicyclic) bond motifs is 1. The molecule has 0 aromatic heterocycles. The minimum Gasteiger partial charge on any atom is -0.490 e. The summed E-state index contributed by atoms with van der Waals surface area (Å²) in [5.74, 6) is 1.45. The molecule has 2 aromatic rings. The van der Waals surface area contributed by atoms with Crippen molar-refractivity contribution in [3.05, 3.63) is 59.2 Å². The fourth-order valence-corrected chi connectivity index (χ4v) is 3.51. The molecule has 0 bridgehead atoms. The summed E-state index contributed by atoms with van der Waals surface area (Å²) in [5, 5.41) is 16.0. The zero-order chi connectivity index (χ0) is 19.9. The van der Waals surface area contributed by atoms with E-state index in [1.165, 1.54) is 0 Å². The van der Waals surface area contributed by atoms with Gasteiger partial charge in [0.2, 0.25) is 0 Å². The normalized spacial score (nSPS) is 17.7. The van der Waals surface area contributed by atoms with Gasteiger partial charge >= 0.3 is 6.03 Å². The Bertz CT molecular complexity index is 809. The SMILES string of the molecule is CCOc1ccc(CCNC(=O)NC2c3ccccc3CC2O)cc1OCC. The Hall–Kier alpha value is -2.73. The van der Waals surface area contributed by atoms with Gasteiger partial charge in [0.05, 0.1) is 25.4 Å². The number of carbonyl (C=O) groups is 1. The highest BCUT2D eigenvalue weighted by atomic mass is 16.5. The van der Waals surface area contributed by atoms with E-state index in [1.807, 2.05) is 56.3 Å².